The largest absolute Gasteiger partial charge is 0.497 e. The maximum Gasteiger partial charge on any atom is 0.407 e. The molecule has 1 atom stereocenters. The highest BCUT2D eigenvalue weighted by atomic mass is 16.5. The Morgan fingerprint density at radius 3 is 2.70 bits per heavy atom. The highest BCUT2D eigenvalue weighted by molar-refractivity contribution is 5.68. The standard InChI is InChI=1S/C15H19NO4/c1-5-9-20-14-8-7-11(18-3)10-12(14)13(6-2)16-15(17)19-4/h5-8,10,13H,1-2,9H2,3-4H3,(H,16,17). The minimum absolute atomic E-state index is 0.363. The number of amides is 1. The summed E-state index contributed by atoms with van der Waals surface area (Å²) in [7, 11) is 2.87. The number of ether oxygens (including phenoxy) is 3. The fraction of sp³-hybridized carbons (Fsp3) is 0.267. The molecule has 1 N–H and O–H groups in total. The molecule has 0 saturated heterocycles. The van der Waals surface area contributed by atoms with Gasteiger partial charge in [0.1, 0.15) is 18.1 Å². The van der Waals surface area contributed by atoms with Crippen molar-refractivity contribution in [3.63, 3.8) is 0 Å². The first-order valence-corrected chi connectivity index (χ1v) is 6.05. The molecule has 0 spiro atoms. The fourth-order valence-corrected chi connectivity index (χ4v) is 1.63. The Labute approximate surface area is 118 Å². The van der Waals surface area contributed by atoms with E-state index < -0.39 is 12.1 Å². The zero-order valence-electron chi connectivity index (χ0n) is 11.7. The molecular weight excluding hydrogens is 258 g/mol. The van der Waals surface area contributed by atoms with E-state index in [1.54, 1.807) is 37.5 Å². The highest BCUT2D eigenvalue weighted by Gasteiger charge is 2.17. The summed E-state index contributed by atoms with van der Waals surface area (Å²) in [4.78, 5) is 11.4. The van der Waals surface area contributed by atoms with Gasteiger partial charge in [0.2, 0.25) is 0 Å². The number of carbonyl (C=O) groups is 1. The lowest BCUT2D eigenvalue weighted by molar-refractivity contribution is 0.168. The molecule has 1 rings (SSSR count). The zero-order chi connectivity index (χ0) is 15.0. The van der Waals surface area contributed by atoms with Crippen molar-refractivity contribution in [3.8, 4) is 11.5 Å². The molecule has 1 aromatic rings. The van der Waals surface area contributed by atoms with Crippen LogP contribution < -0.4 is 14.8 Å². The SMILES string of the molecule is C=CCOc1ccc(OC)cc1C(C=C)NC(=O)OC. The van der Waals surface area contributed by atoms with Gasteiger partial charge in [0.15, 0.2) is 0 Å². The van der Waals surface area contributed by atoms with E-state index in [-0.39, 0.29) is 0 Å². The number of hydrogen-bond acceptors (Lipinski definition) is 4. The first kappa shape index (κ1) is 15.6. The lowest BCUT2D eigenvalue weighted by atomic mass is 10.1. The minimum Gasteiger partial charge on any atom is -0.497 e. The third kappa shape index (κ3) is 4.05. The van der Waals surface area contributed by atoms with Gasteiger partial charge in [-0.3, -0.25) is 0 Å². The van der Waals surface area contributed by atoms with Crippen molar-refractivity contribution < 1.29 is 19.0 Å². The van der Waals surface area contributed by atoms with Gasteiger partial charge in [-0.05, 0) is 18.2 Å². The first-order valence-electron chi connectivity index (χ1n) is 6.05. The van der Waals surface area contributed by atoms with E-state index in [2.05, 4.69) is 23.2 Å². The summed E-state index contributed by atoms with van der Waals surface area (Å²) in [5.41, 5.74) is 0.728. The summed E-state index contributed by atoms with van der Waals surface area (Å²) >= 11 is 0. The van der Waals surface area contributed by atoms with Gasteiger partial charge in [0.25, 0.3) is 0 Å². The molecule has 0 aliphatic carbocycles. The molecule has 1 amide bonds. The van der Waals surface area contributed by atoms with Crippen LogP contribution >= 0.6 is 0 Å². The van der Waals surface area contributed by atoms with Gasteiger partial charge in [-0.1, -0.05) is 18.7 Å². The van der Waals surface area contributed by atoms with Crippen LogP contribution in [0.4, 0.5) is 4.79 Å². The van der Waals surface area contributed by atoms with E-state index in [0.29, 0.717) is 18.1 Å². The van der Waals surface area contributed by atoms with Crippen molar-refractivity contribution in [3.05, 3.63) is 49.1 Å². The normalized spacial score (nSPS) is 11.1. The molecule has 0 radical (unpaired) electrons. The van der Waals surface area contributed by atoms with E-state index >= 15 is 0 Å². The van der Waals surface area contributed by atoms with Crippen molar-refractivity contribution in [2.75, 3.05) is 20.8 Å². The fourth-order valence-electron chi connectivity index (χ4n) is 1.63. The summed E-state index contributed by atoms with van der Waals surface area (Å²) < 4.78 is 15.4. The summed E-state index contributed by atoms with van der Waals surface area (Å²) in [6.07, 6.45) is 2.68. The Kier molecular flexibility index (Phi) is 6.16. The maximum atomic E-state index is 11.4. The number of carbonyl (C=O) groups excluding carboxylic acids is 1. The number of hydrogen-bond donors (Lipinski definition) is 1. The third-order valence-corrected chi connectivity index (χ3v) is 2.60. The Balaban J connectivity index is 3.10. The van der Waals surface area contributed by atoms with Gasteiger partial charge in [-0.15, -0.1) is 6.58 Å². The van der Waals surface area contributed by atoms with Crippen molar-refractivity contribution in [2.45, 2.75) is 6.04 Å². The van der Waals surface area contributed by atoms with Crippen LogP contribution in [0.2, 0.25) is 0 Å². The molecule has 108 valence electrons. The minimum atomic E-state index is -0.549. The molecular formula is C15H19NO4. The summed E-state index contributed by atoms with van der Waals surface area (Å²) in [5, 5.41) is 2.66. The molecule has 0 heterocycles. The molecule has 5 nitrogen and oxygen atoms in total. The Morgan fingerprint density at radius 1 is 1.40 bits per heavy atom. The predicted octanol–water partition coefficient (Wildman–Crippen LogP) is 2.84. The molecule has 0 aromatic heterocycles. The molecule has 1 aromatic carbocycles. The van der Waals surface area contributed by atoms with Crippen LogP contribution in [0.5, 0.6) is 11.5 Å². The highest BCUT2D eigenvalue weighted by Crippen LogP contribution is 2.30. The quantitative estimate of drug-likeness (QED) is 0.779. The number of methoxy groups -OCH3 is 2. The molecule has 1 unspecified atom stereocenters. The number of alkyl carbamates (subject to hydrolysis) is 1. The van der Waals surface area contributed by atoms with Crippen molar-refractivity contribution in [1.29, 1.82) is 0 Å². The number of benzene rings is 1. The van der Waals surface area contributed by atoms with E-state index in [1.807, 2.05) is 0 Å². The molecule has 20 heavy (non-hydrogen) atoms. The zero-order valence-corrected chi connectivity index (χ0v) is 11.7. The Morgan fingerprint density at radius 2 is 2.15 bits per heavy atom. The van der Waals surface area contributed by atoms with E-state index in [1.165, 1.54) is 7.11 Å². The van der Waals surface area contributed by atoms with Gasteiger partial charge in [-0.25, -0.2) is 4.79 Å². The molecule has 5 heteroatoms. The van der Waals surface area contributed by atoms with Crippen molar-refractivity contribution >= 4 is 6.09 Å². The molecule has 0 saturated carbocycles. The van der Waals surface area contributed by atoms with E-state index in [9.17, 15) is 4.79 Å². The monoisotopic (exact) mass is 277 g/mol. The summed E-state index contributed by atoms with van der Waals surface area (Å²) in [6.45, 7) is 7.68. The van der Waals surface area contributed by atoms with Gasteiger partial charge >= 0.3 is 6.09 Å². The maximum absolute atomic E-state index is 11.4. The van der Waals surface area contributed by atoms with E-state index in [0.717, 1.165) is 5.56 Å². The molecule has 0 bridgehead atoms. The lowest BCUT2D eigenvalue weighted by Gasteiger charge is -2.19. The number of nitrogens with one attached hydrogen (secondary N) is 1. The van der Waals surface area contributed by atoms with Crippen LogP contribution in [-0.2, 0) is 4.74 Å². The molecule has 0 aliphatic heterocycles. The second-order valence-electron chi connectivity index (χ2n) is 3.85. The topological polar surface area (TPSA) is 56.8 Å². The van der Waals surface area contributed by atoms with Crippen LogP contribution in [0.3, 0.4) is 0 Å². The van der Waals surface area contributed by atoms with Crippen molar-refractivity contribution in [1.82, 2.24) is 5.32 Å². The van der Waals surface area contributed by atoms with Gasteiger partial charge in [-0.2, -0.15) is 0 Å². The average molecular weight is 277 g/mol. The predicted molar refractivity (Wildman–Crippen MR) is 77.2 cm³/mol. The smallest absolute Gasteiger partial charge is 0.407 e. The summed E-state index contributed by atoms with van der Waals surface area (Å²) in [5.74, 6) is 1.27. The van der Waals surface area contributed by atoms with Gasteiger partial charge < -0.3 is 19.5 Å². The van der Waals surface area contributed by atoms with Crippen LogP contribution in [0.1, 0.15) is 11.6 Å². The third-order valence-electron chi connectivity index (χ3n) is 2.60. The van der Waals surface area contributed by atoms with Crippen molar-refractivity contribution in [2.24, 2.45) is 0 Å². The van der Waals surface area contributed by atoms with E-state index in [4.69, 9.17) is 9.47 Å². The Hall–Kier alpha value is -2.43. The molecule has 0 fully saturated rings. The second-order valence-corrected chi connectivity index (χ2v) is 3.85. The first-order chi connectivity index (χ1) is 9.65. The molecule has 0 aliphatic rings. The van der Waals surface area contributed by atoms with Crippen LogP contribution in [-0.4, -0.2) is 26.9 Å². The second kappa shape index (κ2) is 7.89. The number of rotatable bonds is 7. The van der Waals surface area contributed by atoms with Gasteiger partial charge in [0.05, 0.1) is 20.3 Å². The van der Waals surface area contributed by atoms with Gasteiger partial charge in [0, 0.05) is 5.56 Å². The lowest BCUT2D eigenvalue weighted by Crippen LogP contribution is -2.27. The van der Waals surface area contributed by atoms with Crippen LogP contribution in [0, 0.1) is 0 Å². The van der Waals surface area contributed by atoms with Crippen LogP contribution in [0.25, 0.3) is 0 Å². The summed E-state index contributed by atoms with van der Waals surface area (Å²) in [6, 6.07) is 4.88. The van der Waals surface area contributed by atoms with Crippen LogP contribution in [0.15, 0.2) is 43.5 Å². The average Bonchev–Trinajstić information content (AvgIpc) is 2.50. The Bertz CT molecular complexity index is 485.